The summed E-state index contributed by atoms with van der Waals surface area (Å²) >= 11 is 0. The lowest BCUT2D eigenvalue weighted by molar-refractivity contribution is -0.182. The lowest BCUT2D eigenvalue weighted by Gasteiger charge is -2.16. The summed E-state index contributed by atoms with van der Waals surface area (Å²) in [7, 11) is 1.58. The molecule has 20 heavy (non-hydrogen) atoms. The van der Waals surface area contributed by atoms with Crippen LogP contribution in [0.5, 0.6) is 0 Å². The monoisotopic (exact) mass is 279 g/mol. The van der Waals surface area contributed by atoms with E-state index in [2.05, 4.69) is 0 Å². The molecule has 0 spiro atoms. The summed E-state index contributed by atoms with van der Waals surface area (Å²) in [4.78, 5) is 28.2. The topological polar surface area (TPSA) is 55.8 Å². The molecule has 0 aliphatic rings. The van der Waals surface area contributed by atoms with Gasteiger partial charge in [0.2, 0.25) is 5.91 Å². The molecule has 0 saturated heterocycles. The SMILES string of the molecule is CCOC(=O)CCCC(=O)N(C)OCc1ccccc1. The van der Waals surface area contributed by atoms with Crippen LogP contribution in [0.2, 0.25) is 0 Å². The number of hydrogen-bond acceptors (Lipinski definition) is 4. The highest BCUT2D eigenvalue weighted by molar-refractivity contribution is 5.76. The Bertz CT molecular complexity index is 419. The second kappa shape index (κ2) is 9.09. The van der Waals surface area contributed by atoms with Crippen molar-refractivity contribution in [1.29, 1.82) is 0 Å². The molecule has 0 atom stereocenters. The summed E-state index contributed by atoms with van der Waals surface area (Å²) in [6.45, 7) is 2.47. The number of rotatable bonds is 8. The summed E-state index contributed by atoms with van der Waals surface area (Å²) in [5.74, 6) is -0.418. The zero-order chi connectivity index (χ0) is 14.8. The minimum absolute atomic E-state index is 0.148. The van der Waals surface area contributed by atoms with Gasteiger partial charge < -0.3 is 4.74 Å². The Morgan fingerprint density at radius 2 is 1.85 bits per heavy atom. The molecular weight excluding hydrogens is 258 g/mol. The van der Waals surface area contributed by atoms with Crippen LogP contribution in [-0.4, -0.2) is 30.6 Å². The van der Waals surface area contributed by atoms with Crippen LogP contribution in [-0.2, 0) is 25.8 Å². The van der Waals surface area contributed by atoms with E-state index >= 15 is 0 Å². The number of hydroxylamine groups is 2. The Morgan fingerprint density at radius 3 is 2.50 bits per heavy atom. The molecule has 0 saturated carbocycles. The van der Waals surface area contributed by atoms with Gasteiger partial charge in [-0.1, -0.05) is 30.3 Å². The van der Waals surface area contributed by atoms with E-state index in [4.69, 9.17) is 9.57 Å². The van der Waals surface area contributed by atoms with Crippen molar-refractivity contribution >= 4 is 11.9 Å². The van der Waals surface area contributed by atoms with Crippen molar-refractivity contribution in [2.45, 2.75) is 32.8 Å². The minimum Gasteiger partial charge on any atom is -0.466 e. The number of carbonyl (C=O) groups excluding carboxylic acids is 2. The van der Waals surface area contributed by atoms with Crippen LogP contribution < -0.4 is 0 Å². The van der Waals surface area contributed by atoms with Crippen LogP contribution in [0.1, 0.15) is 31.7 Å². The van der Waals surface area contributed by atoms with Gasteiger partial charge in [-0.15, -0.1) is 0 Å². The lowest BCUT2D eigenvalue weighted by Crippen LogP contribution is -2.26. The number of ether oxygens (including phenoxy) is 1. The maximum atomic E-state index is 11.8. The summed E-state index contributed by atoms with van der Waals surface area (Å²) < 4.78 is 4.79. The number of carbonyl (C=O) groups is 2. The Balaban J connectivity index is 2.21. The largest absolute Gasteiger partial charge is 0.466 e. The van der Waals surface area contributed by atoms with Crippen molar-refractivity contribution in [2.75, 3.05) is 13.7 Å². The third-order valence-electron chi connectivity index (χ3n) is 2.70. The van der Waals surface area contributed by atoms with Gasteiger partial charge >= 0.3 is 5.97 Å². The molecule has 0 bridgehead atoms. The fourth-order valence-corrected chi connectivity index (χ4v) is 1.59. The Labute approximate surface area is 119 Å². The quantitative estimate of drug-likeness (QED) is 0.541. The minimum atomic E-state index is -0.270. The van der Waals surface area contributed by atoms with Crippen molar-refractivity contribution < 1.29 is 19.2 Å². The van der Waals surface area contributed by atoms with Crippen molar-refractivity contribution in [1.82, 2.24) is 5.06 Å². The van der Waals surface area contributed by atoms with Crippen molar-refractivity contribution in [3.05, 3.63) is 35.9 Å². The molecule has 110 valence electrons. The third-order valence-corrected chi connectivity index (χ3v) is 2.70. The summed E-state index contributed by atoms with van der Waals surface area (Å²) in [6.07, 6.45) is 0.993. The predicted molar refractivity (Wildman–Crippen MR) is 74.5 cm³/mol. The fraction of sp³-hybridized carbons (Fsp3) is 0.467. The van der Waals surface area contributed by atoms with Gasteiger partial charge in [0.05, 0.1) is 6.61 Å². The number of esters is 1. The molecule has 1 rings (SSSR count). The van der Waals surface area contributed by atoms with E-state index in [1.807, 2.05) is 30.3 Å². The number of nitrogens with zero attached hydrogens (tertiary/aromatic N) is 1. The first-order chi connectivity index (χ1) is 9.63. The zero-order valence-electron chi connectivity index (χ0n) is 12.0. The maximum Gasteiger partial charge on any atom is 0.305 e. The summed E-state index contributed by atoms with van der Waals surface area (Å²) in [6, 6.07) is 9.62. The Morgan fingerprint density at radius 1 is 1.15 bits per heavy atom. The number of amides is 1. The van der Waals surface area contributed by atoms with Crippen LogP contribution in [0.4, 0.5) is 0 Å². The molecule has 0 heterocycles. The van der Waals surface area contributed by atoms with Gasteiger partial charge in [0.25, 0.3) is 0 Å². The predicted octanol–water partition coefficient (Wildman–Crippen LogP) is 2.31. The summed E-state index contributed by atoms with van der Waals surface area (Å²) in [5.41, 5.74) is 0.999. The summed E-state index contributed by atoms with van der Waals surface area (Å²) in [5, 5.41) is 1.22. The number of benzene rings is 1. The van der Waals surface area contributed by atoms with E-state index < -0.39 is 0 Å². The van der Waals surface area contributed by atoms with E-state index in [0.29, 0.717) is 19.6 Å². The molecule has 0 unspecified atom stereocenters. The molecule has 5 heteroatoms. The van der Waals surface area contributed by atoms with E-state index in [-0.39, 0.29) is 24.7 Å². The smallest absolute Gasteiger partial charge is 0.305 e. The van der Waals surface area contributed by atoms with Crippen LogP contribution in [0.15, 0.2) is 30.3 Å². The van der Waals surface area contributed by atoms with Gasteiger partial charge in [-0.3, -0.25) is 14.4 Å². The molecule has 0 N–H and O–H groups in total. The molecular formula is C15H21NO4. The van der Waals surface area contributed by atoms with Crippen LogP contribution in [0.25, 0.3) is 0 Å². The molecule has 1 amide bonds. The molecule has 0 aliphatic carbocycles. The van der Waals surface area contributed by atoms with E-state index in [1.54, 1.807) is 14.0 Å². The Kier molecular flexibility index (Phi) is 7.35. The second-order valence-corrected chi connectivity index (χ2v) is 4.31. The van der Waals surface area contributed by atoms with Gasteiger partial charge in [-0.2, -0.15) is 0 Å². The fourth-order valence-electron chi connectivity index (χ4n) is 1.59. The Hall–Kier alpha value is -1.88. The van der Waals surface area contributed by atoms with Crippen LogP contribution in [0, 0.1) is 0 Å². The first kappa shape index (κ1) is 16.2. The maximum absolute atomic E-state index is 11.8. The average Bonchev–Trinajstić information content (AvgIpc) is 2.46. The lowest BCUT2D eigenvalue weighted by atomic mass is 10.2. The van der Waals surface area contributed by atoms with Crippen molar-refractivity contribution in [3.8, 4) is 0 Å². The van der Waals surface area contributed by atoms with Gasteiger partial charge in [0.15, 0.2) is 0 Å². The first-order valence-corrected chi connectivity index (χ1v) is 6.72. The molecule has 0 aliphatic heterocycles. The van der Waals surface area contributed by atoms with E-state index in [1.165, 1.54) is 5.06 Å². The normalized spacial score (nSPS) is 10.1. The van der Waals surface area contributed by atoms with E-state index in [9.17, 15) is 9.59 Å². The molecule has 5 nitrogen and oxygen atoms in total. The molecule has 0 fully saturated rings. The molecule has 0 radical (unpaired) electrons. The first-order valence-electron chi connectivity index (χ1n) is 6.72. The van der Waals surface area contributed by atoms with Crippen LogP contribution >= 0.6 is 0 Å². The van der Waals surface area contributed by atoms with Crippen molar-refractivity contribution in [2.24, 2.45) is 0 Å². The molecule has 0 aromatic heterocycles. The molecule has 1 aromatic rings. The molecule has 1 aromatic carbocycles. The van der Waals surface area contributed by atoms with Gasteiger partial charge in [0.1, 0.15) is 6.61 Å². The average molecular weight is 279 g/mol. The van der Waals surface area contributed by atoms with Gasteiger partial charge in [-0.05, 0) is 18.9 Å². The standard InChI is InChI=1S/C15H21NO4/c1-3-19-15(18)11-7-10-14(17)16(2)20-12-13-8-5-4-6-9-13/h4-6,8-9H,3,7,10-12H2,1-2H3. The van der Waals surface area contributed by atoms with Crippen LogP contribution in [0.3, 0.4) is 0 Å². The van der Waals surface area contributed by atoms with E-state index in [0.717, 1.165) is 5.56 Å². The highest BCUT2D eigenvalue weighted by atomic mass is 16.7. The third kappa shape index (κ3) is 6.33. The highest BCUT2D eigenvalue weighted by Crippen LogP contribution is 2.05. The highest BCUT2D eigenvalue weighted by Gasteiger charge is 2.11. The van der Waals surface area contributed by atoms with Gasteiger partial charge in [-0.25, -0.2) is 5.06 Å². The van der Waals surface area contributed by atoms with Crippen molar-refractivity contribution in [3.63, 3.8) is 0 Å². The van der Waals surface area contributed by atoms with Gasteiger partial charge in [0, 0.05) is 19.9 Å². The number of hydrogen-bond donors (Lipinski definition) is 0. The second-order valence-electron chi connectivity index (χ2n) is 4.31. The zero-order valence-corrected chi connectivity index (χ0v) is 12.0.